The number of thiazole rings is 1. The number of nitrogens with one attached hydrogen (secondary N) is 1. The van der Waals surface area contributed by atoms with Gasteiger partial charge in [-0.25, -0.2) is 13.8 Å². The number of ketones is 2. The molecule has 1 saturated carbocycles. The standard InChI is InChI=1S/C33H45F2N3O3S/c1-5-26(39)15-25(17-31-36-28-12-11-24(21(2)3)16-30(28)42-31)32(41)37-27(23-9-7-6-8-10-23)13-14-29(40)22(4)18-38-19-33(34,35)20-38/h11-12,16,21,23,25,27H,4-10,13-15,17-20H2,1-3H3,(H,37,41)/t25-,27+/m0/s1. The predicted molar refractivity (Wildman–Crippen MR) is 164 cm³/mol. The fourth-order valence-corrected chi connectivity index (χ4v) is 7.22. The molecule has 2 fully saturated rings. The lowest BCUT2D eigenvalue weighted by molar-refractivity contribution is -0.131. The number of aromatic nitrogens is 1. The lowest BCUT2D eigenvalue weighted by Gasteiger charge is -2.38. The largest absolute Gasteiger partial charge is 0.353 e. The van der Waals surface area contributed by atoms with Gasteiger partial charge >= 0.3 is 0 Å². The lowest BCUT2D eigenvalue weighted by Crippen LogP contribution is -2.56. The van der Waals surface area contributed by atoms with Crippen molar-refractivity contribution in [3.05, 3.63) is 40.9 Å². The summed E-state index contributed by atoms with van der Waals surface area (Å²) in [5.74, 6) is -2.82. The number of likely N-dealkylation sites (tertiary alicyclic amines) is 1. The molecule has 9 heteroatoms. The van der Waals surface area contributed by atoms with Gasteiger partial charge in [-0.1, -0.05) is 52.7 Å². The molecule has 1 aromatic heterocycles. The molecule has 1 saturated heterocycles. The first-order valence-electron chi connectivity index (χ1n) is 15.5. The highest BCUT2D eigenvalue weighted by molar-refractivity contribution is 7.18. The Morgan fingerprint density at radius 1 is 1.17 bits per heavy atom. The molecule has 0 bridgehead atoms. The predicted octanol–water partition coefficient (Wildman–Crippen LogP) is 6.87. The quantitative estimate of drug-likeness (QED) is 0.226. The number of benzene rings is 1. The Balaban J connectivity index is 1.43. The number of fused-ring (bicyclic) bond motifs is 1. The number of alkyl halides is 2. The van der Waals surface area contributed by atoms with Crippen molar-refractivity contribution in [1.82, 2.24) is 15.2 Å². The van der Waals surface area contributed by atoms with Crippen molar-refractivity contribution < 1.29 is 23.2 Å². The first-order valence-corrected chi connectivity index (χ1v) is 16.3. The van der Waals surface area contributed by atoms with Crippen LogP contribution in [-0.2, 0) is 20.8 Å². The van der Waals surface area contributed by atoms with E-state index in [1.54, 1.807) is 11.3 Å². The minimum atomic E-state index is -2.68. The van der Waals surface area contributed by atoms with Gasteiger partial charge in [-0.05, 0) is 48.8 Å². The van der Waals surface area contributed by atoms with Crippen molar-refractivity contribution >= 4 is 39.0 Å². The van der Waals surface area contributed by atoms with Crippen LogP contribution in [0.25, 0.3) is 10.2 Å². The number of rotatable bonds is 15. The molecule has 2 aliphatic rings. The third kappa shape index (κ3) is 8.75. The van der Waals surface area contributed by atoms with E-state index in [9.17, 15) is 23.2 Å². The molecule has 2 aromatic rings. The summed E-state index contributed by atoms with van der Waals surface area (Å²) in [6, 6.07) is 6.08. The Hall–Kier alpha value is -2.52. The van der Waals surface area contributed by atoms with Crippen molar-refractivity contribution in [3.8, 4) is 0 Å². The van der Waals surface area contributed by atoms with Crippen molar-refractivity contribution in [3.63, 3.8) is 0 Å². The summed E-state index contributed by atoms with van der Waals surface area (Å²) in [6.07, 6.45) is 6.90. The molecule has 0 radical (unpaired) electrons. The molecule has 2 heterocycles. The van der Waals surface area contributed by atoms with E-state index in [0.717, 1.165) is 47.3 Å². The van der Waals surface area contributed by atoms with Crippen LogP contribution in [-0.4, -0.2) is 59.0 Å². The number of nitrogens with zero attached hydrogens (tertiary/aromatic N) is 2. The zero-order chi connectivity index (χ0) is 30.4. The highest BCUT2D eigenvalue weighted by atomic mass is 32.1. The van der Waals surface area contributed by atoms with Gasteiger partial charge in [0, 0.05) is 43.8 Å². The average molecular weight is 602 g/mol. The van der Waals surface area contributed by atoms with E-state index in [0.29, 0.717) is 30.8 Å². The van der Waals surface area contributed by atoms with Gasteiger partial charge in [-0.3, -0.25) is 19.3 Å². The summed E-state index contributed by atoms with van der Waals surface area (Å²) < 4.78 is 27.5. The minimum Gasteiger partial charge on any atom is -0.353 e. The number of carbonyl (C=O) groups is 3. The number of hydrogen-bond acceptors (Lipinski definition) is 6. The molecule has 1 amide bonds. The summed E-state index contributed by atoms with van der Waals surface area (Å²) in [6.45, 7) is 9.44. The number of amides is 1. The molecule has 1 aliphatic heterocycles. The second-order valence-electron chi connectivity index (χ2n) is 12.6. The monoisotopic (exact) mass is 601 g/mol. The van der Waals surface area contributed by atoms with Gasteiger partial charge in [0.05, 0.1) is 34.2 Å². The highest BCUT2D eigenvalue weighted by Crippen LogP contribution is 2.31. The average Bonchev–Trinajstić information content (AvgIpc) is 3.35. The number of Topliss-reactive ketones (excluding diaryl/α,β-unsaturated/α-hetero) is 2. The molecule has 230 valence electrons. The second-order valence-corrected chi connectivity index (χ2v) is 13.7. The first kappa shape index (κ1) is 32.4. The van der Waals surface area contributed by atoms with Gasteiger partial charge in [-0.2, -0.15) is 0 Å². The topological polar surface area (TPSA) is 79.4 Å². The maximum atomic E-state index is 13.8. The second kappa shape index (κ2) is 14.3. The summed E-state index contributed by atoms with van der Waals surface area (Å²) in [7, 11) is 0. The zero-order valence-electron chi connectivity index (χ0n) is 25.2. The first-order chi connectivity index (χ1) is 19.9. The Morgan fingerprint density at radius 3 is 2.52 bits per heavy atom. The van der Waals surface area contributed by atoms with Gasteiger partial charge in [0.15, 0.2) is 5.78 Å². The molecule has 0 unspecified atom stereocenters. The van der Waals surface area contributed by atoms with Crippen LogP contribution in [0.2, 0.25) is 0 Å². The molecule has 42 heavy (non-hydrogen) atoms. The minimum absolute atomic E-state index is 0.0376. The molecule has 1 N–H and O–H groups in total. The van der Waals surface area contributed by atoms with Crippen LogP contribution in [0.1, 0.15) is 95.0 Å². The number of halogens is 2. The fourth-order valence-electron chi connectivity index (χ4n) is 6.13. The van der Waals surface area contributed by atoms with Crippen LogP contribution in [0.5, 0.6) is 0 Å². The van der Waals surface area contributed by atoms with E-state index in [2.05, 4.69) is 37.9 Å². The van der Waals surface area contributed by atoms with E-state index >= 15 is 0 Å². The van der Waals surface area contributed by atoms with Gasteiger partial charge < -0.3 is 5.32 Å². The molecule has 1 aromatic carbocycles. The lowest BCUT2D eigenvalue weighted by atomic mass is 9.81. The van der Waals surface area contributed by atoms with E-state index in [1.165, 1.54) is 10.5 Å². The maximum Gasteiger partial charge on any atom is 0.272 e. The fraction of sp³-hybridized carbons (Fsp3) is 0.636. The molecule has 4 rings (SSSR count). The summed E-state index contributed by atoms with van der Waals surface area (Å²) in [5, 5.41) is 4.10. The van der Waals surface area contributed by atoms with Crippen LogP contribution in [0.4, 0.5) is 8.78 Å². The molecular weight excluding hydrogens is 556 g/mol. The van der Waals surface area contributed by atoms with Crippen LogP contribution in [0.3, 0.4) is 0 Å². The number of carbonyl (C=O) groups excluding carboxylic acids is 3. The van der Waals surface area contributed by atoms with Crippen molar-refractivity contribution in [2.24, 2.45) is 11.8 Å². The van der Waals surface area contributed by atoms with Crippen molar-refractivity contribution in [1.29, 1.82) is 0 Å². The summed E-state index contributed by atoms with van der Waals surface area (Å²) in [4.78, 5) is 45.5. The Bertz CT molecular complexity index is 1280. The van der Waals surface area contributed by atoms with Crippen molar-refractivity contribution in [2.75, 3.05) is 19.6 Å². The van der Waals surface area contributed by atoms with Gasteiger partial charge in [0.1, 0.15) is 5.78 Å². The van der Waals surface area contributed by atoms with Crippen molar-refractivity contribution in [2.45, 2.75) is 103 Å². The SMILES string of the molecule is C=C(CN1CC(F)(F)C1)C(=O)CC[C@@H](NC(=O)[C@@H](CC(=O)CC)Cc1nc2ccc(C(C)C)cc2s1)C1CCCCC1. The van der Waals surface area contributed by atoms with Crippen LogP contribution < -0.4 is 5.32 Å². The van der Waals surface area contributed by atoms with E-state index < -0.39 is 11.8 Å². The van der Waals surface area contributed by atoms with E-state index in [1.807, 2.05) is 13.0 Å². The zero-order valence-corrected chi connectivity index (χ0v) is 26.0. The smallest absolute Gasteiger partial charge is 0.272 e. The van der Waals surface area contributed by atoms with Gasteiger partial charge in [0.2, 0.25) is 5.91 Å². The van der Waals surface area contributed by atoms with Crippen LogP contribution in [0, 0.1) is 11.8 Å². The molecule has 1 aliphatic carbocycles. The van der Waals surface area contributed by atoms with Crippen LogP contribution in [0.15, 0.2) is 30.4 Å². The van der Waals surface area contributed by atoms with Crippen LogP contribution >= 0.6 is 11.3 Å². The number of hydrogen-bond donors (Lipinski definition) is 1. The third-order valence-electron chi connectivity index (χ3n) is 8.73. The Labute approximate surface area is 252 Å². The molecule has 0 spiro atoms. The molecule has 6 nitrogen and oxygen atoms in total. The Kier molecular flexibility index (Phi) is 11.0. The van der Waals surface area contributed by atoms with Gasteiger partial charge in [-0.15, -0.1) is 11.3 Å². The summed E-state index contributed by atoms with van der Waals surface area (Å²) in [5.41, 5.74) is 2.48. The molecule has 2 atom stereocenters. The Morgan fingerprint density at radius 2 is 1.88 bits per heavy atom. The van der Waals surface area contributed by atoms with Gasteiger partial charge in [0.25, 0.3) is 5.92 Å². The summed E-state index contributed by atoms with van der Waals surface area (Å²) >= 11 is 1.58. The third-order valence-corrected chi connectivity index (χ3v) is 9.77. The highest BCUT2D eigenvalue weighted by Gasteiger charge is 2.43. The van der Waals surface area contributed by atoms with E-state index in [-0.39, 0.29) is 61.9 Å². The molecular formula is C33H45F2N3O3S. The maximum absolute atomic E-state index is 13.8. The van der Waals surface area contributed by atoms with E-state index in [4.69, 9.17) is 4.98 Å². The normalized spacial score (nSPS) is 18.9.